The van der Waals surface area contributed by atoms with Gasteiger partial charge in [0.2, 0.25) is 5.82 Å². The Bertz CT molecular complexity index is 880. The largest absolute Gasteiger partial charge is 0.359 e. The van der Waals surface area contributed by atoms with Crippen molar-refractivity contribution < 1.29 is 4.92 Å². The Morgan fingerprint density at radius 2 is 1.68 bits per heavy atom. The molecule has 0 atom stereocenters. The lowest BCUT2D eigenvalue weighted by Crippen LogP contribution is -2.55. The Hall–Kier alpha value is -2.15. The third-order valence-electron chi connectivity index (χ3n) is 6.63. The van der Waals surface area contributed by atoms with Gasteiger partial charge in [-0.15, -0.1) is 0 Å². The molecular formula is C21H24N4O2S. The monoisotopic (exact) mass is 396 g/mol. The molecule has 6 rings (SSSR count). The molecule has 7 heteroatoms. The number of rotatable bonds is 5. The van der Waals surface area contributed by atoms with Crippen molar-refractivity contribution in [1.82, 2.24) is 9.97 Å². The average molecular weight is 397 g/mol. The first-order chi connectivity index (χ1) is 13.5. The topological polar surface area (TPSA) is 81.0 Å². The lowest BCUT2D eigenvalue weighted by molar-refractivity contribution is -0.387. The maximum atomic E-state index is 11.9. The number of nitrogens with one attached hydrogen (secondary N) is 1. The quantitative estimate of drug-likeness (QED) is 0.424. The van der Waals surface area contributed by atoms with Crippen molar-refractivity contribution in [3.63, 3.8) is 0 Å². The van der Waals surface area contributed by atoms with E-state index < -0.39 is 0 Å². The molecule has 6 nitrogen and oxygen atoms in total. The van der Waals surface area contributed by atoms with E-state index in [4.69, 9.17) is 0 Å². The molecule has 4 fully saturated rings. The van der Waals surface area contributed by atoms with E-state index in [0.29, 0.717) is 10.8 Å². The van der Waals surface area contributed by atoms with Crippen molar-refractivity contribution in [3.8, 4) is 0 Å². The Morgan fingerprint density at radius 1 is 1.07 bits per heavy atom. The van der Waals surface area contributed by atoms with Crippen LogP contribution < -0.4 is 5.32 Å². The second-order valence-corrected chi connectivity index (χ2v) is 9.93. The molecule has 1 aromatic carbocycles. The Kier molecular flexibility index (Phi) is 4.30. The van der Waals surface area contributed by atoms with E-state index in [2.05, 4.69) is 15.3 Å². The average Bonchev–Trinajstić information content (AvgIpc) is 2.62. The summed E-state index contributed by atoms with van der Waals surface area (Å²) in [7, 11) is 0. The Balaban J connectivity index is 1.46. The number of nitro groups is 1. The van der Waals surface area contributed by atoms with Crippen LogP contribution in [-0.4, -0.2) is 20.4 Å². The molecule has 4 aliphatic rings. The third kappa shape index (κ3) is 3.26. The van der Waals surface area contributed by atoms with Crippen LogP contribution in [0, 0.1) is 34.8 Å². The smallest absolute Gasteiger partial charge is 0.343 e. The summed E-state index contributed by atoms with van der Waals surface area (Å²) < 4.78 is 0. The molecule has 146 valence electrons. The lowest BCUT2D eigenvalue weighted by atomic mass is 9.53. The van der Waals surface area contributed by atoms with Gasteiger partial charge in [0, 0.05) is 10.4 Å². The summed E-state index contributed by atoms with van der Waals surface area (Å²) in [6.07, 6.45) is 8.79. The zero-order chi connectivity index (χ0) is 19.3. The first-order valence-corrected chi connectivity index (χ1v) is 10.8. The van der Waals surface area contributed by atoms with E-state index in [1.54, 1.807) is 0 Å². The first-order valence-electron chi connectivity index (χ1n) is 10.0. The fraction of sp³-hybridized carbons (Fsp3) is 0.524. The van der Waals surface area contributed by atoms with E-state index in [1.807, 2.05) is 31.2 Å². The molecule has 0 aliphatic heterocycles. The van der Waals surface area contributed by atoms with Gasteiger partial charge in [-0.1, -0.05) is 29.5 Å². The molecule has 0 amide bonds. The molecule has 2 aromatic rings. The van der Waals surface area contributed by atoms with Crippen LogP contribution in [0.3, 0.4) is 0 Å². The zero-order valence-corrected chi connectivity index (χ0v) is 16.7. The summed E-state index contributed by atoms with van der Waals surface area (Å²) >= 11 is 1.33. The van der Waals surface area contributed by atoms with Crippen molar-refractivity contribution in [1.29, 1.82) is 0 Å². The van der Waals surface area contributed by atoms with Crippen LogP contribution >= 0.6 is 11.8 Å². The minimum Gasteiger partial charge on any atom is -0.359 e. The van der Waals surface area contributed by atoms with Crippen LogP contribution in [0.1, 0.15) is 44.1 Å². The predicted octanol–water partition coefficient (Wildman–Crippen LogP) is 5.23. The van der Waals surface area contributed by atoms with Gasteiger partial charge >= 0.3 is 5.69 Å². The van der Waals surface area contributed by atoms with Crippen LogP contribution in [0.15, 0.2) is 40.5 Å². The summed E-state index contributed by atoms with van der Waals surface area (Å²) in [6, 6.07) is 7.95. The number of hydrogen-bond donors (Lipinski definition) is 1. The number of aryl methyl sites for hydroxylation is 1. The molecule has 0 unspecified atom stereocenters. The second-order valence-electron chi connectivity index (χ2n) is 8.87. The highest BCUT2D eigenvalue weighted by Gasteiger charge is 2.51. The summed E-state index contributed by atoms with van der Waals surface area (Å²) in [5.74, 6) is 2.68. The summed E-state index contributed by atoms with van der Waals surface area (Å²) in [4.78, 5) is 21.1. The Labute approximate surface area is 168 Å². The van der Waals surface area contributed by atoms with Gasteiger partial charge in [-0.3, -0.25) is 10.1 Å². The highest BCUT2D eigenvalue weighted by molar-refractivity contribution is 7.99. The van der Waals surface area contributed by atoms with Gasteiger partial charge in [0.15, 0.2) is 5.03 Å². The van der Waals surface area contributed by atoms with Gasteiger partial charge in [-0.2, -0.15) is 0 Å². The molecule has 4 bridgehead atoms. The number of nitrogens with zero attached hydrogens (tertiary/aromatic N) is 3. The number of benzene rings is 1. The molecule has 0 saturated heterocycles. The highest BCUT2D eigenvalue weighted by Crippen LogP contribution is 2.57. The van der Waals surface area contributed by atoms with Gasteiger partial charge in [-0.05, 0) is 75.3 Å². The number of aromatic nitrogens is 2. The van der Waals surface area contributed by atoms with Crippen molar-refractivity contribution in [2.45, 2.75) is 60.9 Å². The molecular weight excluding hydrogens is 372 g/mol. The SMILES string of the molecule is Cc1ccc(Sc2ncnc(NC34CC5CC(CC(C5)C3)C4)c2[N+](=O)[O-])cc1. The maximum absolute atomic E-state index is 11.9. The van der Waals surface area contributed by atoms with E-state index >= 15 is 0 Å². The van der Waals surface area contributed by atoms with Gasteiger partial charge in [-0.25, -0.2) is 9.97 Å². The van der Waals surface area contributed by atoms with Crippen molar-refractivity contribution in [2.24, 2.45) is 17.8 Å². The predicted molar refractivity (Wildman–Crippen MR) is 109 cm³/mol. The second kappa shape index (κ2) is 6.72. The summed E-state index contributed by atoms with van der Waals surface area (Å²) in [6.45, 7) is 2.02. The van der Waals surface area contributed by atoms with Gasteiger partial charge in [0.25, 0.3) is 0 Å². The lowest BCUT2D eigenvalue weighted by Gasteiger charge is -2.57. The Morgan fingerprint density at radius 3 is 2.25 bits per heavy atom. The first kappa shape index (κ1) is 17.9. The normalized spacial score (nSPS) is 30.4. The van der Waals surface area contributed by atoms with Crippen molar-refractivity contribution in [2.75, 3.05) is 5.32 Å². The highest BCUT2D eigenvalue weighted by atomic mass is 32.2. The molecule has 4 aliphatic carbocycles. The van der Waals surface area contributed by atoms with Crippen LogP contribution in [0.2, 0.25) is 0 Å². The number of hydrogen-bond acceptors (Lipinski definition) is 6. The molecule has 28 heavy (non-hydrogen) atoms. The molecule has 1 heterocycles. The summed E-state index contributed by atoms with van der Waals surface area (Å²) in [5, 5.41) is 15.9. The van der Waals surface area contributed by atoms with Crippen LogP contribution in [-0.2, 0) is 0 Å². The molecule has 1 aromatic heterocycles. The third-order valence-corrected chi connectivity index (χ3v) is 7.63. The van der Waals surface area contributed by atoms with Gasteiger partial charge in [0.1, 0.15) is 6.33 Å². The maximum Gasteiger partial charge on any atom is 0.343 e. The van der Waals surface area contributed by atoms with Gasteiger partial charge < -0.3 is 5.32 Å². The fourth-order valence-electron chi connectivity index (χ4n) is 5.93. The molecule has 1 N–H and O–H groups in total. The molecule has 4 saturated carbocycles. The standard InChI is InChI=1S/C21H24N4O2S/c1-13-2-4-17(5-3-13)28-20-18(25(26)27)19(22-12-23-20)24-21-9-14-6-15(10-21)8-16(7-14)11-21/h2-5,12,14-16H,6-11H2,1H3,(H,22,23,24). The minimum atomic E-state index is -0.334. The van der Waals surface area contributed by atoms with Crippen LogP contribution in [0.5, 0.6) is 0 Å². The van der Waals surface area contributed by atoms with Crippen LogP contribution in [0.4, 0.5) is 11.5 Å². The molecule has 0 radical (unpaired) electrons. The van der Waals surface area contributed by atoms with Crippen LogP contribution in [0.25, 0.3) is 0 Å². The van der Waals surface area contributed by atoms with Gasteiger partial charge in [0.05, 0.1) is 4.92 Å². The summed E-state index contributed by atoms with van der Waals surface area (Å²) in [5.41, 5.74) is 1.13. The van der Waals surface area contributed by atoms with E-state index in [0.717, 1.165) is 47.5 Å². The number of anilines is 1. The zero-order valence-electron chi connectivity index (χ0n) is 15.9. The minimum absolute atomic E-state index is 0.00354. The molecule has 0 spiro atoms. The van der Waals surface area contributed by atoms with E-state index in [1.165, 1.54) is 37.4 Å². The fourth-order valence-corrected chi connectivity index (χ4v) is 6.79. The van der Waals surface area contributed by atoms with Crippen molar-refractivity contribution >= 4 is 23.3 Å². The van der Waals surface area contributed by atoms with Crippen molar-refractivity contribution in [3.05, 3.63) is 46.3 Å². The van der Waals surface area contributed by atoms with E-state index in [-0.39, 0.29) is 16.1 Å². The van der Waals surface area contributed by atoms with E-state index in [9.17, 15) is 10.1 Å².